The van der Waals surface area contributed by atoms with Gasteiger partial charge in [0.1, 0.15) is 17.6 Å². The van der Waals surface area contributed by atoms with E-state index in [0.29, 0.717) is 6.07 Å². The average Bonchev–Trinajstić information content (AvgIpc) is 2.58. The molecule has 1 atom stereocenters. The lowest BCUT2D eigenvalue weighted by Crippen LogP contribution is -2.30. The Kier molecular flexibility index (Phi) is 2.79. The van der Waals surface area contributed by atoms with Gasteiger partial charge >= 0.3 is 5.97 Å². The summed E-state index contributed by atoms with van der Waals surface area (Å²) in [5, 5.41) is 8.76. The number of carboxylic acids is 1. The van der Waals surface area contributed by atoms with Gasteiger partial charge in [-0.2, -0.15) is 0 Å². The molecular weight excluding hydrogens is 232 g/mol. The predicted molar refractivity (Wildman–Crippen MR) is 54.5 cm³/mol. The first-order valence-corrected chi connectivity index (χ1v) is 4.99. The molecule has 0 spiro atoms. The van der Waals surface area contributed by atoms with E-state index in [9.17, 15) is 18.4 Å². The van der Waals surface area contributed by atoms with Gasteiger partial charge in [0.2, 0.25) is 5.91 Å². The second-order valence-electron chi connectivity index (χ2n) is 3.80. The van der Waals surface area contributed by atoms with E-state index in [1.165, 1.54) is 0 Å². The number of carbonyl (C=O) groups is 2. The average molecular weight is 241 g/mol. The predicted octanol–water partition coefficient (Wildman–Crippen LogP) is 1.40. The molecule has 1 unspecified atom stereocenters. The van der Waals surface area contributed by atoms with Crippen LogP contribution in [-0.2, 0) is 9.59 Å². The van der Waals surface area contributed by atoms with Gasteiger partial charge in [0, 0.05) is 18.3 Å². The van der Waals surface area contributed by atoms with Crippen molar-refractivity contribution in [2.45, 2.75) is 6.42 Å². The van der Waals surface area contributed by atoms with Crippen LogP contribution in [0.3, 0.4) is 0 Å². The van der Waals surface area contributed by atoms with Gasteiger partial charge in [0.05, 0.1) is 0 Å². The van der Waals surface area contributed by atoms with Crippen molar-refractivity contribution in [2.75, 3.05) is 11.4 Å². The summed E-state index contributed by atoms with van der Waals surface area (Å²) in [4.78, 5) is 23.5. The summed E-state index contributed by atoms with van der Waals surface area (Å²) in [6, 6.07) is 2.70. The molecule has 17 heavy (non-hydrogen) atoms. The lowest BCUT2D eigenvalue weighted by atomic mass is 10.1. The van der Waals surface area contributed by atoms with Crippen LogP contribution >= 0.6 is 0 Å². The molecule has 1 N–H and O–H groups in total. The Morgan fingerprint density at radius 1 is 1.29 bits per heavy atom. The first-order valence-electron chi connectivity index (χ1n) is 4.99. The fraction of sp³-hybridized carbons (Fsp3) is 0.273. The maximum Gasteiger partial charge on any atom is 0.316 e. The van der Waals surface area contributed by atoms with Gasteiger partial charge in [0.25, 0.3) is 0 Å². The third kappa shape index (κ3) is 2.11. The quantitative estimate of drug-likeness (QED) is 0.796. The minimum Gasteiger partial charge on any atom is -0.481 e. The number of benzene rings is 1. The van der Waals surface area contributed by atoms with Crippen molar-refractivity contribution >= 4 is 17.6 Å². The molecule has 0 saturated carbocycles. The van der Waals surface area contributed by atoms with E-state index >= 15 is 0 Å². The Balaban J connectivity index is 2.30. The lowest BCUT2D eigenvalue weighted by Gasteiger charge is -2.16. The normalized spacial score (nSPS) is 19.8. The molecule has 2 rings (SSSR count). The van der Waals surface area contributed by atoms with Crippen LogP contribution in [0.4, 0.5) is 14.5 Å². The van der Waals surface area contributed by atoms with E-state index in [2.05, 4.69) is 0 Å². The zero-order valence-corrected chi connectivity index (χ0v) is 8.69. The van der Waals surface area contributed by atoms with Crippen molar-refractivity contribution in [3.05, 3.63) is 29.8 Å². The molecule has 1 amide bonds. The van der Waals surface area contributed by atoms with Gasteiger partial charge in [-0.05, 0) is 18.6 Å². The Hall–Kier alpha value is -1.98. The van der Waals surface area contributed by atoms with E-state index in [0.717, 1.165) is 17.0 Å². The Morgan fingerprint density at radius 3 is 2.35 bits per heavy atom. The number of hydrogen-bond acceptors (Lipinski definition) is 2. The standard InChI is InChI=1S/C11H9F2NO3/c12-6-3-7(13)5-8(4-6)14-2-1-9(10(14)15)11(16)17/h3-5,9H,1-2H2,(H,16,17). The van der Waals surface area contributed by atoms with Gasteiger partial charge in [-0.3, -0.25) is 9.59 Å². The zero-order chi connectivity index (χ0) is 12.6. The first-order chi connectivity index (χ1) is 7.99. The number of amides is 1. The van der Waals surface area contributed by atoms with Crippen molar-refractivity contribution in [3.63, 3.8) is 0 Å². The Morgan fingerprint density at radius 2 is 1.88 bits per heavy atom. The molecule has 1 aliphatic heterocycles. The van der Waals surface area contributed by atoms with Crippen LogP contribution in [-0.4, -0.2) is 23.5 Å². The second kappa shape index (κ2) is 4.12. The minimum atomic E-state index is -1.21. The molecule has 6 heteroatoms. The largest absolute Gasteiger partial charge is 0.481 e. The smallest absolute Gasteiger partial charge is 0.316 e. The van der Waals surface area contributed by atoms with E-state index in [1.54, 1.807) is 0 Å². The van der Waals surface area contributed by atoms with Gasteiger partial charge in [-0.1, -0.05) is 0 Å². The summed E-state index contributed by atoms with van der Waals surface area (Å²) in [5.41, 5.74) is 0.0521. The maximum absolute atomic E-state index is 13.0. The second-order valence-corrected chi connectivity index (χ2v) is 3.80. The highest BCUT2D eigenvalue weighted by Crippen LogP contribution is 2.26. The third-order valence-electron chi connectivity index (χ3n) is 2.66. The Bertz CT molecular complexity index is 469. The summed E-state index contributed by atoms with van der Waals surface area (Å²) in [6.07, 6.45) is 0.145. The number of carbonyl (C=O) groups excluding carboxylic acids is 1. The van der Waals surface area contributed by atoms with Crippen LogP contribution in [0.2, 0.25) is 0 Å². The van der Waals surface area contributed by atoms with E-state index in [4.69, 9.17) is 5.11 Å². The molecule has 0 radical (unpaired) electrons. The number of halogens is 2. The van der Waals surface area contributed by atoms with Crippen LogP contribution in [0, 0.1) is 17.6 Å². The molecule has 1 aliphatic rings. The molecule has 0 aliphatic carbocycles. The Labute approximate surface area is 95.5 Å². The van der Waals surface area contributed by atoms with Crippen LogP contribution in [0.25, 0.3) is 0 Å². The molecule has 1 heterocycles. The summed E-state index contributed by atoms with van der Waals surface area (Å²) in [5.74, 6) is -4.57. The zero-order valence-electron chi connectivity index (χ0n) is 8.69. The first kappa shape index (κ1) is 11.5. The third-order valence-corrected chi connectivity index (χ3v) is 2.66. The molecule has 0 aromatic heterocycles. The monoisotopic (exact) mass is 241 g/mol. The fourth-order valence-corrected chi connectivity index (χ4v) is 1.86. The van der Waals surface area contributed by atoms with Gasteiger partial charge in [-0.25, -0.2) is 8.78 Å². The number of hydrogen-bond donors (Lipinski definition) is 1. The van der Waals surface area contributed by atoms with Gasteiger partial charge in [0.15, 0.2) is 0 Å². The molecule has 1 aromatic carbocycles. The van der Waals surface area contributed by atoms with Crippen LogP contribution < -0.4 is 4.90 Å². The van der Waals surface area contributed by atoms with E-state index in [-0.39, 0.29) is 18.7 Å². The van der Waals surface area contributed by atoms with Crippen LogP contribution in [0.5, 0.6) is 0 Å². The van der Waals surface area contributed by atoms with Crippen molar-refractivity contribution < 1.29 is 23.5 Å². The molecule has 4 nitrogen and oxygen atoms in total. The van der Waals surface area contributed by atoms with Crippen molar-refractivity contribution in [2.24, 2.45) is 5.92 Å². The highest BCUT2D eigenvalue weighted by atomic mass is 19.1. The van der Waals surface area contributed by atoms with Gasteiger partial charge < -0.3 is 10.0 Å². The van der Waals surface area contributed by atoms with Crippen LogP contribution in [0.15, 0.2) is 18.2 Å². The molecule has 1 saturated heterocycles. The van der Waals surface area contributed by atoms with Crippen molar-refractivity contribution in [1.82, 2.24) is 0 Å². The maximum atomic E-state index is 13.0. The van der Waals surface area contributed by atoms with E-state index in [1.807, 2.05) is 0 Å². The SMILES string of the molecule is O=C(O)C1CCN(c2cc(F)cc(F)c2)C1=O. The lowest BCUT2D eigenvalue weighted by molar-refractivity contribution is -0.144. The van der Waals surface area contributed by atoms with Gasteiger partial charge in [-0.15, -0.1) is 0 Å². The van der Waals surface area contributed by atoms with Crippen LogP contribution in [0.1, 0.15) is 6.42 Å². The fourth-order valence-electron chi connectivity index (χ4n) is 1.86. The highest BCUT2D eigenvalue weighted by molar-refractivity contribution is 6.07. The number of anilines is 1. The number of nitrogens with zero attached hydrogens (tertiary/aromatic N) is 1. The molecule has 1 aromatic rings. The molecule has 1 fully saturated rings. The minimum absolute atomic E-state index is 0.0521. The summed E-state index contributed by atoms with van der Waals surface area (Å²) < 4.78 is 25.9. The molecule has 90 valence electrons. The van der Waals surface area contributed by atoms with E-state index < -0.39 is 29.4 Å². The highest BCUT2D eigenvalue weighted by Gasteiger charge is 2.37. The van der Waals surface area contributed by atoms with Crippen molar-refractivity contribution in [3.8, 4) is 0 Å². The summed E-state index contributed by atoms with van der Waals surface area (Å²) in [6.45, 7) is 0.151. The van der Waals surface area contributed by atoms with Crippen molar-refractivity contribution in [1.29, 1.82) is 0 Å². The number of carboxylic acid groups (broad SMARTS) is 1. The summed E-state index contributed by atoms with van der Waals surface area (Å²) >= 11 is 0. The number of aliphatic carboxylic acids is 1. The molecule has 0 bridgehead atoms. The summed E-state index contributed by atoms with van der Waals surface area (Å²) in [7, 11) is 0. The molecular formula is C11H9F2NO3. The number of rotatable bonds is 2. The topological polar surface area (TPSA) is 57.6 Å².